The fourth-order valence-electron chi connectivity index (χ4n) is 1.27. The summed E-state index contributed by atoms with van der Waals surface area (Å²) in [4.78, 5) is 14.1. The van der Waals surface area contributed by atoms with Gasteiger partial charge in [0.2, 0.25) is 6.08 Å². The molecule has 3 nitrogen and oxygen atoms in total. The number of isocyanates is 1. The van der Waals surface area contributed by atoms with Crippen LogP contribution in [0.3, 0.4) is 0 Å². The van der Waals surface area contributed by atoms with Gasteiger partial charge >= 0.3 is 0 Å². The van der Waals surface area contributed by atoms with E-state index in [1.54, 1.807) is 12.1 Å². The zero-order valence-corrected chi connectivity index (χ0v) is 12.8. The molecule has 0 unspecified atom stereocenters. The van der Waals surface area contributed by atoms with Gasteiger partial charge in [-0.05, 0) is 24.2 Å². The molecule has 1 rings (SSSR count). The van der Waals surface area contributed by atoms with Gasteiger partial charge in [0.05, 0.1) is 12.3 Å². The fourth-order valence-corrected chi connectivity index (χ4v) is 2.22. The Kier molecular flexibility index (Phi) is 4.63. The van der Waals surface area contributed by atoms with Gasteiger partial charge in [-0.25, -0.2) is 4.79 Å². The van der Waals surface area contributed by atoms with Gasteiger partial charge in [-0.1, -0.05) is 39.0 Å². The first-order valence-electron chi connectivity index (χ1n) is 6.08. The highest BCUT2D eigenvalue weighted by Crippen LogP contribution is 2.37. The Labute approximate surface area is 110 Å². The van der Waals surface area contributed by atoms with Crippen LogP contribution in [-0.2, 0) is 15.8 Å². The molecule has 0 radical (unpaired) electrons. The number of aliphatic imine (C=N–C) groups is 1. The number of carbonyl (C=O) groups excluding carboxylic acids is 1. The standard InChI is InChI=1S/C14H21NO2Si/c1-14(2,3)18(4,5)17-10-12-8-6-7-9-13(12)15-11-16/h6-9H,10H2,1-5H3. The van der Waals surface area contributed by atoms with E-state index in [0.717, 1.165) is 5.56 Å². The molecule has 0 amide bonds. The van der Waals surface area contributed by atoms with Crippen molar-refractivity contribution in [3.63, 3.8) is 0 Å². The summed E-state index contributed by atoms with van der Waals surface area (Å²) >= 11 is 0. The van der Waals surface area contributed by atoms with Crippen LogP contribution in [0, 0.1) is 0 Å². The smallest absolute Gasteiger partial charge is 0.240 e. The predicted molar refractivity (Wildman–Crippen MR) is 76.2 cm³/mol. The second kappa shape index (κ2) is 5.61. The molecule has 0 bridgehead atoms. The van der Waals surface area contributed by atoms with Crippen LogP contribution in [0.2, 0.25) is 18.1 Å². The van der Waals surface area contributed by atoms with Gasteiger partial charge in [0.15, 0.2) is 8.32 Å². The molecule has 0 fully saturated rings. The summed E-state index contributed by atoms with van der Waals surface area (Å²) in [5, 5.41) is 0.176. The van der Waals surface area contributed by atoms with E-state index in [4.69, 9.17) is 4.43 Å². The summed E-state index contributed by atoms with van der Waals surface area (Å²) in [7, 11) is -1.77. The molecule has 0 saturated carbocycles. The number of hydrogen-bond acceptors (Lipinski definition) is 3. The van der Waals surface area contributed by atoms with Crippen molar-refractivity contribution in [2.75, 3.05) is 0 Å². The molecule has 0 atom stereocenters. The van der Waals surface area contributed by atoms with Gasteiger partial charge in [0, 0.05) is 5.56 Å². The van der Waals surface area contributed by atoms with Crippen LogP contribution < -0.4 is 0 Å². The van der Waals surface area contributed by atoms with Gasteiger partial charge in [-0.15, -0.1) is 0 Å². The molecular weight excluding hydrogens is 242 g/mol. The zero-order valence-electron chi connectivity index (χ0n) is 11.8. The summed E-state index contributed by atoms with van der Waals surface area (Å²) in [6.07, 6.45) is 1.58. The highest BCUT2D eigenvalue weighted by Gasteiger charge is 2.37. The van der Waals surface area contributed by atoms with E-state index in [1.807, 2.05) is 18.2 Å². The lowest BCUT2D eigenvalue weighted by Crippen LogP contribution is -2.40. The van der Waals surface area contributed by atoms with Crippen LogP contribution in [-0.4, -0.2) is 14.4 Å². The Morgan fingerprint density at radius 1 is 1.28 bits per heavy atom. The summed E-state index contributed by atoms with van der Waals surface area (Å²) in [5.74, 6) is 0. The van der Waals surface area contributed by atoms with Crippen LogP contribution in [0.25, 0.3) is 0 Å². The number of benzene rings is 1. The van der Waals surface area contributed by atoms with Gasteiger partial charge in [0.25, 0.3) is 0 Å². The lowest BCUT2D eigenvalue weighted by atomic mass is 10.2. The van der Waals surface area contributed by atoms with Crippen molar-refractivity contribution in [1.29, 1.82) is 0 Å². The number of nitrogens with zero attached hydrogens (tertiary/aromatic N) is 1. The second-order valence-electron chi connectivity index (χ2n) is 5.88. The molecule has 0 aromatic heterocycles. The Bertz CT molecular complexity index is 457. The molecule has 0 spiro atoms. The minimum atomic E-state index is -1.77. The van der Waals surface area contributed by atoms with Crippen molar-refractivity contribution in [1.82, 2.24) is 0 Å². The third kappa shape index (κ3) is 3.64. The van der Waals surface area contributed by atoms with E-state index >= 15 is 0 Å². The summed E-state index contributed by atoms with van der Waals surface area (Å²) in [6.45, 7) is 11.5. The number of para-hydroxylation sites is 1. The fraction of sp³-hybridized carbons (Fsp3) is 0.500. The van der Waals surface area contributed by atoms with E-state index < -0.39 is 8.32 Å². The predicted octanol–water partition coefficient (Wildman–Crippen LogP) is 4.18. The maximum atomic E-state index is 10.4. The Balaban J connectivity index is 2.84. The van der Waals surface area contributed by atoms with Crippen LogP contribution in [0.4, 0.5) is 5.69 Å². The highest BCUT2D eigenvalue weighted by atomic mass is 28.4. The average molecular weight is 263 g/mol. The second-order valence-corrected chi connectivity index (χ2v) is 10.7. The topological polar surface area (TPSA) is 38.7 Å². The van der Waals surface area contributed by atoms with E-state index in [2.05, 4.69) is 38.9 Å². The van der Waals surface area contributed by atoms with Crippen LogP contribution in [0.15, 0.2) is 29.3 Å². The lowest BCUT2D eigenvalue weighted by molar-refractivity contribution is 0.277. The first kappa shape index (κ1) is 14.8. The Morgan fingerprint density at radius 2 is 1.89 bits per heavy atom. The van der Waals surface area contributed by atoms with Crippen molar-refractivity contribution in [2.45, 2.75) is 45.5 Å². The van der Waals surface area contributed by atoms with E-state index in [9.17, 15) is 4.79 Å². The molecule has 0 aliphatic heterocycles. The monoisotopic (exact) mass is 263 g/mol. The van der Waals surface area contributed by atoms with E-state index in [1.165, 1.54) is 0 Å². The van der Waals surface area contributed by atoms with E-state index in [0.29, 0.717) is 12.3 Å². The van der Waals surface area contributed by atoms with Crippen molar-refractivity contribution < 1.29 is 9.22 Å². The highest BCUT2D eigenvalue weighted by molar-refractivity contribution is 6.74. The van der Waals surface area contributed by atoms with Crippen molar-refractivity contribution in [3.05, 3.63) is 29.8 Å². The molecular formula is C14H21NO2Si. The van der Waals surface area contributed by atoms with Crippen molar-refractivity contribution in [3.8, 4) is 0 Å². The first-order chi connectivity index (χ1) is 8.28. The molecule has 0 N–H and O–H groups in total. The minimum absolute atomic E-state index is 0.176. The molecule has 0 aliphatic rings. The Morgan fingerprint density at radius 3 is 2.44 bits per heavy atom. The van der Waals surface area contributed by atoms with Crippen molar-refractivity contribution in [2.24, 2.45) is 4.99 Å². The largest absolute Gasteiger partial charge is 0.412 e. The molecule has 1 aromatic carbocycles. The van der Waals surface area contributed by atoms with Crippen molar-refractivity contribution >= 4 is 20.1 Å². The maximum Gasteiger partial charge on any atom is 0.240 e. The van der Waals surface area contributed by atoms with Crippen LogP contribution >= 0.6 is 0 Å². The van der Waals surface area contributed by atoms with Gasteiger partial charge < -0.3 is 4.43 Å². The van der Waals surface area contributed by atoms with Gasteiger partial charge in [-0.3, -0.25) is 0 Å². The van der Waals surface area contributed by atoms with Gasteiger partial charge in [0.1, 0.15) is 0 Å². The zero-order chi connectivity index (χ0) is 13.8. The Hall–Kier alpha value is -1.22. The molecule has 4 heteroatoms. The summed E-state index contributed by atoms with van der Waals surface area (Å²) in [5.41, 5.74) is 1.58. The molecule has 18 heavy (non-hydrogen) atoms. The molecule has 1 aromatic rings. The maximum absolute atomic E-state index is 10.4. The molecule has 98 valence electrons. The molecule has 0 saturated heterocycles. The van der Waals surface area contributed by atoms with Gasteiger partial charge in [-0.2, -0.15) is 4.99 Å². The van der Waals surface area contributed by atoms with Crippen LogP contribution in [0.1, 0.15) is 26.3 Å². The molecule has 0 aliphatic carbocycles. The lowest BCUT2D eigenvalue weighted by Gasteiger charge is -2.36. The third-order valence-corrected chi connectivity index (χ3v) is 8.03. The average Bonchev–Trinajstić information content (AvgIpc) is 2.27. The number of rotatable bonds is 4. The normalized spacial score (nSPS) is 12.1. The molecule has 0 heterocycles. The number of hydrogen-bond donors (Lipinski definition) is 0. The summed E-state index contributed by atoms with van der Waals surface area (Å²) in [6, 6.07) is 7.51. The van der Waals surface area contributed by atoms with Crippen LogP contribution in [0.5, 0.6) is 0 Å². The summed E-state index contributed by atoms with van der Waals surface area (Å²) < 4.78 is 6.12. The third-order valence-electron chi connectivity index (χ3n) is 3.55. The quantitative estimate of drug-likeness (QED) is 0.464. The SMILES string of the molecule is CC(C)(C)[Si](C)(C)OCc1ccccc1N=C=O. The first-order valence-corrected chi connectivity index (χ1v) is 8.98. The minimum Gasteiger partial charge on any atom is -0.412 e. The van der Waals surface area contributed by atoms with E-state index in [-0.39, 0.29) is 5.04 Å².